The Balaban J connectivity index is 2.30. The molecule has 0 bridgehead atoms. The SMILES string of the molecule is COC(=O)[C@H]1CCCC2C(C)(C)CCC[C@@]21C. The number of methoxy groups -OCH3 is 1. The van der Waals surface area contributed by atoms with Gasteiger partial charge in [0.1, 0.15) is 0 Å². The molecule has 0 aromatic rings. The lowest BCUT2D eigenvalue weighted by molar-refractivity contribution is -0.161. The molecule has 2 heteroatoms. The Labute approximate surface area is 105 Å². The fourth-order valence-corrected chi connectivity index (χ4v) is 4.69. The molecule has 0 aliphatic heterocycles. The molecule has 2 fully saturated rings. The molecular formula is C15H26O2. The van der Waals surface area contributed by atoms with Gasteiger partial charge in [0.2, 0.25) is 0 Å². The Hall–Kier alpha value is -0.530. The Bertz CT molecular complexity index is 308. The zero-order valence-corrected chi connectivity index (χ0v) is 11.7. The highest BCUT2D eigenvalue weighted by Gasteiger charge is 2.54. The first-order chi connectivity index (χ1) is 7.92. The van der Waals surface area contributed by atoms with Crippen LogP contribution in [0.25, 0.3) is 0 Å². The third-order valence-electron chi connectivity index (χ3n) is 5.54. The molecule has 0 radical (unpaired) electrons. The van der Waals surface area contributed by atoms with Gasteiger partial charge in [0.05, 0.1) is 13.0 Å². The summed E-state index contributed by atoms with van der Waals surface area (Å²) in [4.78, 5) is 12.0. The van der Waals surface area contributed by atoms with Crippen molar-refractivity contribution in [1.82, 2.24) is 0 Å². The summed E-state index contributed by atoms with van der Waals surface area (Å²) >= 11 is 0. The van der Waals surface area contributed by atoms with Crippen molar-refractivity contribution in [2.75, 3.05) is 7.11 Å². The number of esters is 1. The first-order valence-electron chi connectivity index (χ1n) is 6.99. The Kier molecular flexibility index (Phi) is 3.26. The smallest absolute Gasteiger partial charge is 0.309 e. The zero-order valence-electron chi connectivity index (χ0n) is 11.7. The normalized spacial score (nSPS) is 40.5. The monoisotopic (exact) mass is 238 g/mol. The van der Waals surface area contributed by atoms with Crippen molar-refractivity contribution in [3.63, 3.8) is 0 Å². The van der Waals surface area contributed by atoms with Gasteiger partial charge < -0.3 is 4.74 Å². The van der Waals surface area contributed by atoms with E-state index in [0.717, 1.165) is 6.42 Å². The van der Waals surface area contributed by atoms with Crippen LogP contribution < -0.4 is 0 Å². The second-order valence-electron chi connectivity index (χ2n) is 6.91. The van der Waals surface area contributed by atoms with E-state index in [1.54, 1.807) is 0 Å². The lowest BCUT2D eigenvalue weighted by Gasteiger charge is -2.56. The fraction of sp³-hybridized carbons (Fsp3) is 0.933. The van der Waals surface area contributed by atoms with Gasteiger partial charge in [-0.3, -0.25) is 4.79 Å². The largest absolute Gasteiger partial charge is 0.469 e. The van der Waals surface area contributed by atoms with E-state index in [1.165, 1.54) is 39.2 Å². The highest BCUT2D eigenvalue weighted by atomic mass is 16.5. The maximum absolute atomic E-state index is 12.0. The summed E-state index contributed by atoms with van der Waals surface area (Å²) in [5, 5.41) is 0. The zero-order chi connectivity index (χ0) is 12.7. The predicted molar refractivity (Wildman–Crippen MR) is 68.6 cm³/mol. The molecule has 0 aromatic heterocycles. The van der Waals surface area contributed by atoms with E-state index in [1.807, 2.05) is 0 Å². The number of carbonyl (C=O) groups is 1. The topological polar surface area (TPSA) is 26.3 Å². The van der Waals surface area contributed by atoms with Crippen LogP contribution in [0.4, 0.5) is 0 Å². The molecule has 2 aliphatic rings. The van der Waals surface area contributed by atoms with Crippen LogP contribution in [0.5, 0.6) is 0 Å². The molecule has 0 heterocycles. The van der Waals surface area contributed by atoms with Gasteiger partial charge in [-0.25, -0.2) is 0 Å². The van der Waals surface area contributed by atoms with E-state index in [2.05, 4.69) is 20.8 Å². The van der Waals surface area contributed by atoms with Crippen LogP contribution in [0.3, 0.4) is 0 Å². The van der Waals surface area contributed by atoms with Crippen molar-refractivity contribution >= 4 is 5.97 Å². The van der Waals surface area contributed by atoms with Gasteiger partial charge in [-0.05, 0) is 42.4 Å². The molecule has 3 atom stereocenters. The molecule has 2 saturated carbocycles. The molecule has 0 aromatic carbocycles. The van der Waals surface area contributed by atoms with E-state index in [-0.39, 0.29) is 17.3 Å². The van der Waals surface area contributed by atoms with E-state index in [9.17, 15) is 4.79 Å². The standard InChI is InChI=1S/C15H26O2/c1-14(2)9-6-10-15(3)11(13(16)17-4)7-5-8-12(14)15/h11-12H,5-10H2,1-4H3/t11-,12?,15-/m1/s1. The lowest BCUT2D eigenvalue weighted by Crippen LogP contribution is -2.51. The summed E-state index contributed by atoms with van der Waals surface area (Å²) in [6, 6.07) is 0. The Morgan fingerprint density at radius 3 is 2.47 bits per heavy atom. The minimum absolute atomic E-state index is 0.0231. The van der Waals surface area contributed by atoms with Crippen LogP contribution in [0.15, 0.2) is 0 Å². The molecule has 1 unspecified atom stereocenters. The van der Waals surface area contributed by atoms with Crippen molar-refractivity contribution in [2.45, 2.75) is 59.3 Å². The van der Waals surface area contributed by atoms with Gasteiger partial charge in [0.25, 0.3) is 0 Å². The molecule has 2 aliphatic carbocycles. The van der Waals surface area contributed by atoms with Gasteiger partial charge in [-0.1, -0.05) is 33.6 Å². The molecule has 2 nitrogen and oxygen atoms in total. The van der Waals surface area contributed by atoms with Crippen molar-refractivity contribution in [3.8, 4) is 0 Å². The maximum Gasteiger partial charge on any atom is 0.309 e. The van der Waals surface area contributed by atoms with Crippen LogP contribution >= 0.6 is 0 Å². The quantitative estimate of drug-likeness (QED) is 0.650. The Morgan fingerprint density at radius 2 is 1.82 bits per heavy atom. The number of hydrogen-bond donors (Lipinski definition) is 0. The first-order valence-corrected chi connectivity index (χ1v) is 6.99. The molecule has 98 valence electrons. The molecule has 17 heavy (non-hydrogen) atoms. The lowest BCUT2D eigenvalue weighted by atomic mass is 9.48. The third-order valence-corrected chi connectivity index (χ3v) is 5.54. The summed E-state index contributed by atoms with van der Waals surface area (Å²) in [6.45, 7) is 7.10. The second-order valence-corrected chi connectivity index (χ2v) is 6.91. The summed E-state index contributed by atoms with van der Waals surface area (Å²) in [5.41, 5.74) is 0.562. The van der Waals surface area contributed by atoms with Crippen LogP contribution in [-0.4, -0.2) is 13.1 Å². The first kappa shape index (κ1) is 12.9. The minimum atomic E-state index is 0.0231. The van der Waals surface area contributed by atoms with Gasteiger partial charge in [-0.2, -0.15) is 0 Å². The highest BCUT2D eigenvalue weighted by Crippen LogP contribution is 2.59. The van der Waals surface area contributed by atoms with E-state index < -0.39 is 0 Å². The molecule has 0 N–H and O–H groups in total. The van der Waals surface area contributed by atoms with Crippen LogP contribution in [-0.2, 0) is 9.53 Å². The number of rotatable bonds is 1. The predicted octanol–water partition coefficient (Wildman–Crippen LogP) is 3.79. The van der Waals surface area contributed by atoms with Gasteiger partial charge in [-0.15, -0.1) is 0 Å². The van der Waals surface area contributed by atoms with Gasteiger partial charge >= 0.3 is 5.97 Å². The number of fused-ring (bicyclic) bond motifs is 1. The van der Waals surface area contributed by atoms with Crippen molar-refractivity contribution < 1.29 is 9.53 Å². The van der Waals surface area contributed by atoms with Gasteiger partial charge in [0, 0.05) is 0 Å². The summed E-state index contributed by atoms with van der Waals surface area (Å²) in [5.74, 6) is 0.835. The summed E-state index contributed by atoms with van der Waals surface area (Å²) in [7, 11) is 1.53. The van der Waals surface area contributed by atoms with Crippen molar-refractivity contribution in [3.05, 3.63) is 0 Å². The van der Waals surface area contributed by atoms with Crippen molar-refractivity contribution in [2.24, 2.45) is 22.7 Å². The molecular weight excluding hydrogens is 212 g/mol. The third kappa shape index (κ3) is 2.00. The van der Waals surface area contributed by atoms with E-state index >= 15 is 0 Å². The van der Waals surface area contributed by atoms with Crippen LogP contribution in [0.2, 0.25) is 0 Å². The number of hydrogen-bond acceptors (Lipinski definition) is 2. The minimum Gasteiger partial charge on any atom is -0.469 e. The summed E-state index contributed by atoms with van der Waals surface area (Å²) < 4.78 is 5.03. The Morgan fingerprint density at radius 1 is 1.12 bits per heavy atom. The van der Waals surface area contributed by atoms with Crippen LogP contribution in [0.1, 0.15) is 59.3 Å². The molecule has 0 spiro atoms. The average Bonchev–Trinajstić information content (AvgIpc) is 2.26. The fourth-order valence-electron chi connectivity index (χ4n) is 4.69. The number of carbonyl (C=O) groups excluding carboxylic acids is 1. The van der Waals surface area contributed by atoms with Crippen molar-refractivity contribution in [1.29, 1.82) is 0 Å². The molecule has 0 amide bonds. The van der Waals surface area contributed by atoms with E-state index in [4.69, 9.17) is 4.74 Å². The highest BCUT2D eigenvalue weighted by molar-refractivity contribution is 5.73. The summed E-state index contributed by atoms with van der Waals surface area (Å²) in [6.07, 6.45) is 7.26. The molecule has 2 rings (SSSR count). The second kappa shape index (κ2) is 4.29. The van der Waals surface area contributed by atoms with Crippen LogP contribution in [0, 0.1) is 22.7 Å². The van der Waals surface area contributed by atoms with Gasteiger partial charge in [0.15, 0.2) is 0 Å². The number of ether oxygens (including phenoxy) is 1. The molecule has 0 saturated heterocycles. The average molecular weight is 238 g/mol. The van der Waals surface area contributed by atoms with E-state index in [0.29, 0.717) is 11.3 Å². The maximum atomic E-state index is 12.0.